The van der Waals surface area contributed by atoms with Gasteiger partial charge in [0.05, 0.1) is 22.0 Å². The zero-order valence-corrected chi connectivity index (χ0v) is 17.3. The Morgan fingerprint density at radius 2 is 1.97 bits per heavy atom. The number of carboxylic acid groups (broad SMARTS) is 1. The van der Waals surface area contributed by atoms with E-state index in [-0.39, 0.29) is 28.8 Å². The molecule has 0 bridgehead atoms. The first-order valence-corrected chi connectivity index (χ1v) is 9.38. The molecule has 0 saturated carbocycles. The Morgan fingerprint density at radius 3 is 2.53 bits per heavy atom. The van der Waals surface area contributed by atoms with E-state index in [0.29, 0.717) is 11.3 Å². The van der Waals surface area contributed by atoms with E-state index >= 15 is 0 Å². The van der Waals surface area contributed by atoms with Gasteiger partial charge in [-0.3, -0.25) is 0 Å². The molecule has 0 atom stereocenters. The third-order valence-electron chi connectivity index (χ3n) is 4.28. The number of aromatic carboxylic acids is 1. The highest BCUT2D eigenvalue weighted by molar-refractivity contribution is 6.32. The van der Waals surface area contributed by atoms with Crippen LogP contribution in [0.5, 0.6) is 0 Å². The first-order valence-electron chi connectivity index (χ1n) is 9.00. The molecule has 32 heavy (non-hydrogen) atoms. The van der Waals surface area contributed by atoms with Crippen LogP contribution in [0, 0.1) is 0 Å². The first-order chi connectivity index (χ1) is 15.1. The number of benzene rings is 1. The predicted octanol–water partition coefficient (Wildman–Crippen LogP) is 4.48. The van der Waals surface area contributed by atoms with Gasteiger partial charge in [-0.2, -0.15) is 33.6 Å². The number of carbonyl (C=O) groups is 1. The quantitative estimate of drug-likeness (QED) is 0.411. The van der Waals surface area contributed by atoms with Crippen molar-refractivity contribution in [3.8, 4) is 5.82 Å². The van der Waals surface area contributed by atoms with Crippen LogP contribution < -0.4 is 0 Å². The highest BCUT2D eigenvalue weighted by Crippen LogP contribution is 2.29. The molecule has 0 fully saturated rings. The maximum Gasteiger partial charge on any atom is 0.416 e. The predicted molar refractivity (Wildman–Crippen MR) is 112 cm³/mol. The maximum absolute atomic E-state index is 12.7. The number of aromatic nitrogens is 3. The number of hydrogen-bond donors (Lipinski definition) is 1. The van der Waals surface area contributed by atoms with Crippen LogP contribution >= 0.6 is 11.6 Å². The Hall–Kier alpha value is -3.73. The van der Waals surface area contributed by atoms with E-state index in [4.69, 9.17) is 11.6 Å². The maximum atomic E-state index is 12.7. The van der Waals surface area contributed by atoms with Crippen LogP contribution in [0.2, 0.25) is 5.02 Å². The standard InChI is InChI=1S/C20H16ClF3N6O2/c1-12(13-5-7-14(8-6-13)20(22,23)24)27-29(25-2)11-15-10-17(19(31)32)30(28-15)18-16(21)4-3-9-26-18/h3-10H,2,11H2,1H3,(H,31,32)/b27-12+. The molecule has 8 nitrogen and oxygen atoms in total. The van der Waals surface area contributed by atoms with Crippen molar-refractivity contribution in [2.45, 2.75) is 19.6 Å². The molecule has 0 saturated heterocycles. The molecule has 3 rings (SSSR count). The molecule has 0 aliphatic rings. The molecule has 1 N–H and O–H groups in total. The van der Waals surface area contributed by atoms with E-state index in [0.717, 1.165) is 21.9 Å². The van der Waals surface area contributed by atoms with Gasteiger partial charge in [0, 0.05) is 12.9 Å². The highest BCUT2D eigenvalue weighted by atomic mass is 35.5. The van der Waals surface area contributed by atoms with E-state index < -0.39 is 17.7 Å². The fraction of sp³-hybridized carbons (Fsp3) is 0.150. The van der Waals surface area contributed by atoms with Crippen LogP contribution in [0.3, 0.4) is 0 Å². The zero-order chi connectivity index (χ0) is 23.5. The number of halogens is 4. The second-order valence-corrected chi connectivity index (χ2v) is 6.89. The van der Waals surface area contributed by atoms with Gasteiger partial charge in [0.2, 0.25) is 0 Å². The topological polar surface area (TPSA) is 96.0 Å². The van der Waals surface area contributed by atoms with Gasteiger partial charge in [-0.15, -0.1) is 0 Å². The molecule has 2 heterocycles. The van der Waals surface area contributed by atoms with E-state index in [1.165, 1.54) is 24.4 Å². The second-order valence-electron chi connectivity index (χ2n) is 6.48. The van der Waals surface area contributed by atoms with Gasteiger partial charge in [0.1, 0.15) is 6.54 Å². The summed E-state index contributed by atoms with van der Waals surface area (Å²) in [5, 5.41) is 23.1. The molecule has 0 spiro atoms. The third-order valence-corrected chi connectivity index (χ3v) is 4.58. The fourth-order valence-electron chi connectivity index (χ4n) is 2.75. The van der Waals surface area contributed by atoms with Gasteiger partial charge in [-0.1, -0.05) is 23.7 Å². The SMILES string of the molecule is C=NN(Cc1cc(C(=O)O)n(-c2ncccc2Cl)n1)/N=C(\C)c1ccc(C(F)(F)F)cc1. The van der Waals surface area contributed by atoms with Crippen molar-refractivity contribution >= 4 is 30.0 Å². The first kappa shape index (κ1) is 22.9. The van der Waals surface area contributed by atoms with Gasteiger partial charge in [-0.25, -0.2) is 14.5 Å². The average Bonchev–Trinajstić information content (AvgIpc) is 3.17. The molecule has 0 unspecified atom stereocenters. The van der Waals surface area contributed by atoms with Gasteiger partial charge < -0.3 is 5.11 Å². The molecular formula is C20H16ClF3N6O2. The number of pyridine rings is 1. The summed E-state index contributed by atoms with van der Waals surface area (Å²) in [7, 11) is 0. The molecule has 0 aliphatic heterocycles. The summed E-state index contributed by atoms with van der Waals surface area (Å²) in [6.45, 7) is 4.96. The Kier molecular flexibility index (Phi) is 6.58. The summed E-state index contributed by atoms with van der Waals surface area (Å²) in [6, 6.07) is 8.96. The second kappa shape index (κ2) is 9.18. The lowest BCUT2D eigenvalue weighted by atomic mass is 10.1. The molecule has 0 radical (unpaired) electrons. The average molecular weight is 465 g/mol. The number of hydrogen-bond acceptors (Lipinski definition) is 6. The molecule has 3 aromatic rings. The third kappa shape index (κ3) is 5.11. The zero-order valence-electron chi connectivity index (χ0n) is 16.6. The van der Waals surface area contributed by atoms with Gasteiger partial charge in [0.25, 0.3) is 0 Å². The van der Waals surface area contributed by atoms with Crippen molar-refractivity contribution in [3.63, 3.8) is 0 Å². The minimum atomic E-state index is -4.44. The highest BCUT2D eigenvalue weighted by Gasteiger charge is 2.30. The molecular weight excluding hydrogens is 449 g/mol. The van der Waals surface area contributed by atoms with Crippen LogP contribution in [-0.4, -0.2) is 43.4 Å². The monoisotopic (exact) mass is 464 g/mol. The van der Waals surface area contributed by atoms with Crippen molar-refractivity contribution in [2.24, 2.45) is 10.2 Å². The summed E-state index contributed by atoms with van der Waals surface area (Å²) in [5.74, 6) is -1.10. The van der Waals surface area contributed by atoms with Crippen LogP contribution in [0.4, 0.5) is 13.2 Å². The minimum absolute atomic E-state index is 0.0563. The molecule has 12 heteroatoms. The number of alkyl halides is 3. The van der Waals surface area contributed by atoms with Crippen LogP contribution in [-0.2, 0) is 12.7 Å². The summed E-state index contributed by atoms with van der Waals surface area (Å²) < 4.78 is 39.3. The molecule has 166 valence electrons. The Bertz CT molecular complexity index is 1170. The summed E-state index contributed by atoms with van der Waals surface area (Å²) in [4.78, 5) is 15.7. The van der Waals surface area contributed by atoms with Crippen molar-refractivity contribution in [1.82, 2.24) is 19.9 Å². The summed E-state index contributed by atoms with van der Waals surface area (Å²) >= 11 is 6.11. The number of carboxylic acids is 1. The van der Waals surface area contributed by atoms with Crippen LogP contribution in [0.25, 0.3) is 5.82 Å². The molecule has 0 aliphatic carbocycles. The number of hydrazone groups is 2. The van der Waals surface area contributed by atoms with Gasteiger partial charge in [0.15, 0.2) is 11.5 Å². The van der Waals surface area contributed by atoms with E-state index in [1.54, 1.807) is 19.1 Å². The van der Waals surface area contributed by atoms with E-state index in [1.807, 2.05) is 0 Å². The lowest BCUT2D eigenvalue weighted by molar-refractivity contribution is -0.137. The number of nitrogens with zero attached hydrogens (tertiary/aromatic N) is 6. The lowest BCUT2D eigenvalue weighted by Gasteiger charge is -2.13. The normalized spacial score (nSPS) is 12.0. The van der Waals surface area contributed by atoms with Crippen molar-refractivity contribution in [1.29, 1.82) is 0 Å². The summed E-state index contributed by atoms with van der Waals surface area (Å²) in [5.41, 5.74) is 0.154. The van der Waals surface area contributed by atoms with Crippen molar-refractivity contribution < 1.29 is 23.1 Å². The van der Waals surface area contributed by atoms with E-state index in [2.05, 4.69) is 27.0 Å². The fourth-order valence-corrected chi connectivity index (χ4v) is 2.95. The van der Waals surface area contributed by atoms with Gasteiger partial charge in [-0.05, 0) is 42.8 Å². The van der Waals surface area contributed by atoms with Gasteiger partial charge >= 0.3 is 12.1 Å². The molecule has 1 aromatic carbocycles. The Balaban J connectivity index is 1.87. The smallest absolute Gasteiger partial charge is 0.416 e. The molecule has 2 aromatic heterocycles. The Labute approximate surface area is 185 Å². The Morgan fingerprint density at radius 1 is 1.28 bits per heavy atom. The minimum Gasteiger partial charge on any atom is -0.477 e. The summed E-state index contributed by atoms with van der Waals surface area (Å²) in [6.07, 6.45) is -2.99. The number of rotatable bonds is 7. The lowest BCUT2D eigenvalue weighted by Crippen LogP contribution is -2.14. The van der Waals surface area contributed by atoms with E-state index in [9.17, 15) is 23.1 Å². The van der Waals surface area contributed by atoms with Crippen LogP contribution in [0.1, 0.15) is 34.2 Å². The van der Waals surface area contributed by atoms with Crippen molar-refractivity contribution in [3.05, 3.63) is 76.2 Å². The van der Waals surface area contributed by atoms with Crippen molar-refractivity contribution in [2.75, 3.05) is 0 Å². The molecule has 0 amide bonds. The van der Waals surface area contributed by atoms with Crippen LogP contribution in [0.15, 0.2) is 58.9 Å². The largest absolute Gasteiger partial charge is 0.477 e.